The minimum atomic E-state index is -0.917. The van der Waals surface area contributed by atoms with E-state index in [0.29, 0.717) is 5.69 Å². The van der Waals surface area contributed by atoms with Gasteiger partial charge in [0.25, 0.3) is 0 Å². The van der Waals surface area contributed by atoms with E-state index in [9.17, 15) is 9.90 Å². The Labute approximate surface area is 118 Å². The average molecular weight is 285 g/mol. The minimum absolute atomic E-state index is 0.0118. The molecule has 4 nitrogen and oxygen atoms in total. The van der Waals surface area contributed by atoms with Crippen LogP contribution < -0.4 is 0 Å². The summed E-state index contributed by atoms with van der Waals surface area (Å²) in [5.41, 5.74) is 0.500. The summed E-state index contributed by atoms with van der Waals surface area (Å²) in [7, 11) is 1.34. The summed E-state index contributed by atoms with van der Waals surface area (Å²) in [6.07, 6.45) is -0.917. The van der Waals surface area contributed by atoms with Crippen molar-refractivity contribution >= 4 is 17.3 Å². The van der Waals surface area contributed by atoms with E-state index >= 15 is 0 Å². The molecule has 1 aromatic heterocycles. The van der Waals surface area contributed by atoms with Crippen LogP contribution in [0.2, 0.25) is 0 Å². The lowest BCUT2D eigenvalue weighted by atomic mass is 9.89. The highest BCUT2D eigenvalue weighted by molar-refractivity contribution is 7.09. The maximum atomic E-state index is 11.8. The number of thiazole rings is 1. The number of carbonyl (C=O) groups is 1. The summed E-state index contributed by atoms with van der Waals surface area (Å²) < 4.78 is 4.77. The summed E-state index contributed by atoms with van der Waals surface area (Å²) in [4.78, 5) is 16.2. The van der Waals surface area contributed by atoms with Gasteiger partial charge in [0.2, 0.25) is 0 Å². The van der Waals surface area contributed by atoms with Crippen LogP contribution in [0.1, 0.15) is 51.4 Å². The highest BCUT2D eigenvalue weighted by Gasteiger charge is 2.34. The van der Waals surface area contributed by atoms with Gasteiger partial charge in [0.15, 0.2) is 0 Å². The highest BCUT2D eigenvalue weighted by Crippen LogP contribution is 2.33. The number of aromatic nitrogens is 1. The Balaban J connectivity index is 3.01. The molecule has 0 fully saturated rings. The van der Waals surface area contributed by atoms with Crippen LogP contribution >= 0.6 is 11.3 Å². The fourth-order valence-electron chi connectivity index (χ4n) is 1.85. The van der Waals surface area contributed by atoms with Crippen molar-refractivity contribution in [2.75, 3.05) is 7.11 Å². The fourth-order valence-corrected chi connectivity index (χ4v) is 2.79. The van der Waals surface area contributed by atoms with Crippen LogP contribution in [-0.4, -0.2) is 23.2 Å². The van der Waals surface area contributed by atoms with Crippen molar-refractivity contribution < 1.29 is 14.6 Å². The molecule has 0 bridgehead atoms. The third kappa shape index (κ3) is 3.76. The van der Waals surface area contributed by atoms with E-state index in [-0.39, 0.29) is 11.3 Å². The van der Waals surface area contributed by atoms with Crippen molar-refractivity contribution in [2.24, 2.45) is 11.8 Å². The number of aliphatic hydroxyl groups excluding tert-OH is 1. The van der Waals surface area contributed by atoms with E-state index in [1.54, 1.807) is 0 Å². The first-order valence-electron chi connectivity index (χ1n) is 6.40. The van der Waals surface area contributed by atoms with Crippen LogP contribution in [0.4, 0.5) is 0 Å². The van der Waals surface area contributed by atoms with E-state index < -0.39 is 18.0 Å². The van der Waals surface area contributed by atoms with Crippen molar-refractivity contribution in [2.45, 2.75) is 46.1 Å². The standard InChI is InChI=1S/C14H23NO3S/c1-8(2)10(12(17)18-6)11(16)9-7-19-13(15-9)14(3,4)5/h7-8,10-11,16H,1-6H3. The summed E-state index contributed by atoms with van der Waals surface area (Å²) in [5, 5.41) is 13.2. The molecule has 0 saturated heterocycles. The molecule has 0 aliphatic heterocycles. The summed E-state index contributed by atoms with van der Waals surface area (Å²) in [5.74, 6) is -0.991. The fraction of sp³-hybridized carbons (Fsp3) is 0.714. The van der Waals surface area contributed by atoms with Crippen LogP contribution in [0.3, 0.4) is 0 Å². The van der Waals surface area contributed by atoms with Gasteiger partial charge in [-0.15, -0.1) is 11.3 Å². The number of esters is 1. The van der Waals surface area contributed by atoms with Crippen LogP contribution in [0.25, 0.3) is 0 Å². The maximum Gasteiger partial charge on any atom is 0.311 e. The lowest BCUT2D eigenvalue weighted by molar-refractivity contribution is -0.152. The average Bonchev–Trinajstić information content (AvgIpc) is 2.77. The summed E-state index contributed by atoms with van der Waals surface area (Å²) >= 11 is 1.51. The van der Waals surface area contributed by atoms with Gasteiger partial charge in [-0.2, -0.15) is 0 Å². The largest absolute Gasteiger partial charge is 0.469 e. The van der Waals surface area contributed by atoms with Gasteiger partial charge >= 0.3 is 5.97 Å². The highest BCUT2D eigenvalue weighted by atomic mass is 32.1. The van der Waals surface area contributed by atoms with Gasteiger partial charge in [0.05, 0.1) is 23.7 Å². The van der Waals surface area contributed by atoms with E-state index in [4.69, 9.17) is 4.74 Å². The Kier molecular flexibility index (Phi) is 5.10. The predicted octanol–water partition coefficient (Wildman–Crippen LogP) is 2.92. The topological polar surface area (TPSA) is 59.4 Å². The second-order valence-electron chi connectivity index (χ2n) is 6.07. The van der Waals surface area contributed by atoms with Gasteiger partial charge in [-0.3, -0.25) is 4.79 Å². The van der Waals surface area contributed by atoms with Crippen molar-refractivity contribution in [3.05, 3.63) is 16.1 Å². The van der Waals surface area contributed by atoms with Gasteiger partial charge < -0.3 is 9.84 Å². The van der Waals surface area contributed by atoms with Crippen molar-refractivity contribution in [1.29, 1.82) is 0 Å². The lowest BCUT2D eigenvalue weighted by Crippen LogP contribution is -2.28. The molecule has 2 unspecified atom stereocenters. The third-order valence-electron chi connectivity index (χ3n) is 3.00. The molecule has 0 radical (unpaired) electrons. The molecule has 19 heavy (non-hydrogen) atoms. The first-order valence-corrected chi connectivity index (χ1v) is 7.28. The van der Waals surface area contributed by atoms with Gasteiger partial charge in [0.1, 0.15) is 6.10 Å². The number of aliphatic hydroxyl groups is 1. The number of methoxy groups -OCH3 is 1. The van der Waals surface area contributed by atoms with Crippen molar-refractivity contribution in [1.82, 2.24) is 4.98 Å². The van der Waals surface area contributed by atoms with Crippen molar-refractivity contribution in [3.8, 4) is 0 Å². The summed E-state index contributed by atoms with van der Waals surface area (Å²) in [6.45, 7) is 10.00. The normalized spacial score (nSPS) is 15.4. The predicted molar refractivity (Wildman–Crippen MR) is 76.1 cm³/mol. The second-order valence-corrected chi connectivity index (χ2v) is 6.92. The molecule has 0 aliphatic carbocycles. The Morgan fingerprint density at radius 3 is 2.37 bits per heavy atom. The molecule has 1 rings (SSSR count). The molecule has 0 aromatic carbocycles. The smallest absolute Gasteiger partial charge is 0.311 e. The van der Waals surface area contributed by atoms with Crippen LogP contribution in [0.15, 0.2) is 5.38 Å². The Hall–Kier alpha value is -0.940. The molecule has 5 heteroatoms. The molecular formula is C14H23NO3S. The van der Waals surface area contributed by atoms with E-state index in [1.807, 2.05) is 19.2 Å². The SMILES string of the molecule is COC(=O)C(C(C)C)C(O)c1csc(C(C)(C)C)n1. The lowest BCUT2D eigenvalue weighted by Gasteiger charge is -2.22. The monoisotopic (exact) mass is 285 g/mol. The molecule has 1 heterocycles. The molecule has 0 saturated carbocycles. The number of hydrogen-bond acceptors (Lipinski definition) is 5. The summed E-state index contributed by atoms with van der Waals surface area (Å²) in [6, 6.07) is 0. The molecule has 0 aliphatic rings. The molecule has 0 amide bonds. The van der Waals surface area contributed by atoms with Crippen LogP contribution in [0, 0.1) is 11.8 Å². The number of nitrogens with zero attached hydrogens (tertiary/aromatic N) is 1. The van der Waals surface area contributed by atoms with Gasteiger partial charge in [-0.05, 0) is 5.92 Å². The zero-order valence-corrected chi connectivity index (χ0v) is 13.2. The first kappa shape index (κ1) is 16.1. The number of carbonyl (C=O) groups excluding carboxylic acids is 1. The molecule has 1 aromatic rings. The molecule has 0 spiro atoms. The zero-order chi connectivity index (χ0) is 14.8. The third-order valence-corrected chi connectivity index (χ3v) is 4.28. The molecule has 108 valence electrons. The minimum Gasteiger partial charge on any atom is -0.469 e. The number of ether oxygens (including phenoxy) is 1. The van der Waals surface area contributed by atoms with Gasteiger partial charge in [-0.1, -0.05) is 34.6 Å². The van der Waals surface area contributed by atoms with E-state index in [0.717, 1.165) is 5.01 Å². The van der Waals surface area contributed by atoms with Gasteiger partial charge in [0, 0.05) is 10.8 Å². The van der Waals surface area contributed by atoms with Crippen molar-refractivity contribution in [3.63, 3.8) is 0 Å². The maximum absolute atomic E-state index is 11.8. The van der Waals surface area contributed by atoms with Crippen LogP contribution in [-0.2, 0) is 14.9 Å². The van der Waals surface area contributed by atoms with Gasteiger partial charge in [-0.25, -0.2) is 4.98 Å². The quantitative estimate of drug-likeness (QED) is 0.864. The number of hydrogen-bond donors (Lipinski definition) is 1. The Bertz CT molecular complexity index is 434. The molecule has 1 N–H and O–H groups in total. The van der Waals surface area contributed by atoms with E-state index in [2.05, 4.69) is 25.8 Å². The first-order chi connectivity index (χ1) is 8.68. The van der Waals surface area contributed by atoms with Crippen LogP contribution in [0.5, 0.6) is 0 Å². The molecular weight excluding hydrogens is 262 g/mol. The van der Waals surface area contributed by atoms with E-state index in [1.165, 1.54) is 18.4 Å². The Morgan fingerprint density at radius 1 is 1.42 bits per heavy atom. The molecule has 2 atom stereocenters. The Morgan fingerprint density at radius 2 is 2.00 bits per heavy atom. The zero-order valence-electron chi connectivity index (χ0n) is 12.4. The second kappa shape index (κ2) is 6.01. The number of rotatable bonds is 4.